The average Bonchev–Trinajstić information content (AvgIpc) is 3.12. The number of carbonyl (C=O) groups is 1. The largest absolute Gasteiger partial charge is 0.481 e. The van der Waals surface area contributed by atoms with E-state index in [9.17, 15) is 9.90 Å². The average molecular weight is 411 g/mol. The van der Waals surface area contributed by atoms with Gasteiger partial charge < -0.3 is 5.11 Å². The van der Waals surface area contributed by atoms with Crippen LogP contribution in [0.5, 0.6) is 0 Å². The molecule has 0 bridgehead atoms. The molecule has 1 aliphatic heterocycles. The molecular formula is C27H26N2O2. The zero-order chi connectivity index (χ0) is 21.8. The number of carboxylic acid groups (broad SMARTS) is 1. The molecule has 4 heteroatoms. The van der Waals surface area contributed by atoms with Gasteiger partial charge in [-0.1, -0.05) is 99.1 Å². The van der Waals surface area contributed by atoms with Gasteiger partial charge in [-0.3, -0.25) is 4.79 Å². The molecule has 0 aromatic heterocycles. The Labute approximate surface area is 183 Å². The molecule has 0 aliphatic carbocycles. The normalized spacial score (nSPS) is 18.1. The lowest BCUT2D eigenvalue weighted by Crippen LogP contribution is -2.43. The van der Waals surface area contributed by atoms with E-state index in [0.717, 1.165) is 34.5 Å². The molecule has 2 atom stereocenters. The smallest absolute Gasteiger partial charge is 0.307 e. The third-order valence-electron chi connectivity index (χ3n) is 6.08. The molecule has 0 amide bonds. The Hall–Kier alpha value is -3.53. The van der Waals surface area contributed by atoms with Crippen LogP contribution >= 0.6 is 0 Å². The topological polar surface area (TPSA) is 62.0 Å². The Morgan fingerprint density at radius 3 is 2.03 bits per heavy atom. The first-order valence-corrected chi connectivity index (χ1v) is 10.7. The molecule has 0 saturated carbocycles. The van der Waals surface area contributed by atoms with Crippen molar-refractivity contribution >= 4 is 23.2 Å². The summed E-state index contributed by atoms with van der Waals surface area (Å²) >= 11 is 0. The molecule has 0 saturated heterocycles. The lowest BCUT2D eigenvalue weighted by molar-refractivity contribution is -0.142. The number of aliphatic carboxylic acids is 1. The first kappa shape index (κ1) is 20.7. The highest BCUT2D eigenvalue weighted by atomic mass is 16.4. The van der Waals surface area contributed by atoms with E-state index in [1.807, 2.05) is 84.9 Å². The summed E-state index contributed by atoms with van der Waals surface area (Å²) in [6, 6.07) is 27.8. The first-order chi connectivity index (χ1) is 15.1. The molecule has 1 aliphatic rings. The fourth-order valence-corrected chi connectivity index (χ4v) is 4.50. The molecule has 3 aromatic carbocycles. The van der Waals surface area contributed by atoms with Crippen LogP contribution in [0.4, 0.5) is 5.69 Å². The van der Waals surface area contributed by atoms with Gasteiger partial charge in [-0.25, -0.2) is 9.98 Å². The van der Waals surface area contributed by atoms with E-state index in [4.69, 9.17) is 9.98 Å². The number of fused-ring (bicyclic) bond motifs is 1. The van der Waals surface area contributed by atoms with E-state index >= 15 is 0 Å². The minimum Gasteiger partial charge on any atom is -0.481 e. The lowest BCUT2D eigenvalue weighted by Gasteiger charge is -2.34. The summed E-state index contributed by atoms with van der Waals surface area (Å²) < 4.78 is 0. The summed E-state index contributed by atoms with van der Waals surface area (Å²) in [7, 11) is 0. The van der Waals surface area contributed by atoms with E-state index < -0.39 is 17.3 Å². The fraction of sp³-hybridized carbons (Fsp3) is 0.222. The number of hydrogen-bond donors (Lipinski definition) is 1. The molecule has 0 fully saturated rings. The van der Waals surface area contributed by atoms with Gasteiger partial charge in [-0.2, -0.15) is 0 Å². The summed E-state index contributed by atoms with van der Waals surface area (Å²) in [6.45, 7) is 3.85. The molecule has 4 nitrogen and oxygen atoms in total. The lowest BCUT2D eigenvalue weighted by atomic mass is 9.68. The molecule has 1 N–H and O–H groups in total. The molecular weight excluding hydrogens is 384 g/mol. The van der Waals surface area contributed by atoms with Crippen LogP contribution in [0, 0.1) is 5.92 Å². The number of para-hydroxylation sites is 1. The minimum atomic E-state index is -0.839. The van der Waals surface area contributed by atoms with Crippen molar-refractivity contribution in [3.63, 3.8) is 0 Å². The van der Waals surface area contributed by atoms with E-state index in [0.29, 0.717) is 12.3 Å². The number of nitrogens with zero attached hydrogens (tertiary/aromatic N) is 2. The second-order valence-corrected chi connectivity index (χ2v) is 7.93. The van der Waals surface area contributed by atoms with Gasteiger partial charge in [0.15, 0.2) is 0 Å². The Morgan fingerprint density at radius 1 is 0.935 bits per heavy atom. The van der Waals surface area contributed by atoms with Crippen LogP contribution < -0.4 is 0 Å². The molecule has 0 radical (unpaired) electrons. The molecule has 1 heterocycles. The van der Waals surface area contributed by atoms with Crippen LogP contribution in [-0.2, 0) is 10.2 Å². The number of benzene rings is 3. The van der Waals surface area contributed by atoms with Gasteiger partial charge in [0.2, 0.25) is 0 Å². The van der Waals surface area contributed by atoms with Crippen molar-refractivity contribution < 1.29 is 9.90 Å². The van der Waals surface area contributed by atoms with E-state index in [-0.39, 0.29) is 0 Å². The van der Waals surface area contributed by atoms with Crippen LogP contribution in [0.15, 0.2) is 94.9 Å². The summed E-state index contributed by atoms with van der Waals surface area (Å²) in [6.07, 6.45) is 1.49. The molecule has 4 rings (SSSR count). The second kappa shape index (κ2) is 8.68. The van der Waals surface area contributed by atoms with Crippen molar-refractivity contribution in [1.82, 2.24) is 0 Å². The summed E-state index contributed by atoms with van der Waals surface area (Å²) in [5.74, 6) is -0.923. The summed E-state index contributed by atoms with van der Waals surface area (Å²) in [5.41, 5.74) is 3.73. The molecule has 3 aromatic rings. The van der Waals surface area contributed by atoms with Gasteiger partial charge in [0.1, 0.15) is 5.84 Å². The van der Waals surface area contributed by atoms with Gasteiger partial charge in [0, 0.05) is 11.1 Å². The number of carboxylic acids is 1. The Bertz CT molecular complexity index is 1090. The fourth-order valence-electron chi connectivity index (χ4n) is 4.50. The monoisotopic (exact) mass is 410 g/mol. The highest BCUT2D eigenvalue weighted by molar-refractivity contribution is 6.20. The van der Waals surface area contributed by atoms with Crippen molar-refractivity contribution in [2.24, 2.45) is 15.9 Å². The van der Waals surface area contributed by atoms with Gasteiger partial charge in [-0.15, -0.1) is 0 Å². The quantitative estimate of drug-likeness (QED) is 0.505. The second-order valence-electron chi connectivity index (χ2n) is 7.93. The van der Waals surface area contributed by atoms with E-state index in [1.165, 1.54) is 0 Å². The third-order valence-corrected chi connectivity index (χ3v) is 6.08. The Kier molecular flexibility index (Phi) is 5.81. The van der Waals surface area contributed by atoms with Gasteiger partial charge in [-0.05, 0) is 18.1 Å². The van der Waals surface area contributed by atoms with E-state index in [1.54, 1.807) is 6.92 Å². The highest BCUT2D eigenvalue weighted by Gasteiger charge is 2.50. The van der Waals surface area contributed by atoms with E-state index in [2.05, 4.69) is 6.92 Å². The maximum atomic E-state index is 12.2. The predicted octanol–water partition coefficient (Wildman–Crippen LogP) is 6.03. The van der Waals surface area contributed by atoms with Crippen LogP contribution in [0.1, 0.15) is 43.4 Å². The molecule has 2 unspecified atom stereocenters. The molecule has 156 valence electrons. The maximum Gasteiger partial charge on any atom is 0.307 e. The minimum absolute atomic E-state index is 0.577. The van der Waals surface area contributed by atoms with Crippen LogP contribution in [-0.4, -0.2) is 22.6 Å². The van der Waals surface area contributed by atoms with Crippen molar-refractivity contribution in [2.75, 3.05) is 0 Å². The molecule has 31 heavy (non-hydrogen) atoms. The highest BCUT2D eigenvalue weighted by Crippen LogP contribution is 2.48. The number of aliphatic imine (C=N–C) groups is 2. The zero-order valence-corrected chi connectivity index (χ0v) is 17.8. The Morgan fingerprint density at radius 2 is 1.48 bits per heavy atom. The van der Waals surface area contributed by atoms with Crippen molar-refractivity contribution in [1.29, 1.82) is 0 Å². The third kappa shape index (κ3) is 3.70. The van der Waals surface area contributed by atoms with Crippen molar-refractivity contribution in [3.8, 4) is 0 Å². The number of amidine groups is 1. The van der Waals surface area contributed by atoms with Crippen LogP contribution in [0.3, 0.4) is 0 Å². The predicted molar refractivity (Wildman–Crippen MR) is 125 cm³/mol. The first-order valence-electron chi connectivity index (χ1n) is 10.7. The van der Waals surface area contributed by atoms with Gasteiger partial charge >= 0.3 is 5.97 Å². The number of hydrogen-bond acceptors (Lipinski definition) is 3. The summed E-state index contributed by atoms with van der Waals surface area (Å²) in [5, 5.41) is 10.0. The summed E-state index contributed by atoms with van der Waals surface area (Å²) in [4.78, 5) is 22.2. The SMILES string of the molecule is CCCC1(C(C)C(=O)O)C(N=C(c2ccccc2)c2ccccc2)=Nc2ccccc21. The maximum absolute atomic E-state index is 12.2. The Balaban J connectivity index is 1.97. The van der Waals surface area contributed by atoms with Gasteiger partial charge in [0.25, 0.3) is 0 Å². The molecule has 0 spiro atoms. The van der Waals surface area contributed by atoms with Crippen LogP contribution in [0.25, 0.3) is 0 Å². The van der Waals surface area contributed by atoms with Crippen molar-refractivity contribution in [3.05, 3.63) is 102 Å². The number of rotatable bonds is 6. The van der Waals surface area contributed by atoms with Crippen LogP contribution in [0.2, 0.25) is 0 Å². The standard InChI is InChI=1S/C27H26N2O2/c1-3-18-27(19(2)25(30)31)22-16-10-11-17-23(22)28-26(27)29-24(20-12-6-4-7-13-20)21-14-8-5-9-15-21/h4-17,19H,3,18H2,1-2H3,(H,30,31). The zero-order valence-electron chi connectivity index (χ0n) is 17.8. The van der Waals surface area contributed by atoms with Gasteiger partial charge in [0.05, 0.1) is 22.7 Å². The van der Waals surface area contributed by atoms with Crippen molar-refractivity contribution in [2.45, 2.75) is 32.1 Å².